The van der Waals surface area contributed by atoms with E-state index in [1.165, 1.54) is 18.4 Å². The largest absolute Gasteiger partial charge is 0.326 e. The highest BCUT2D eigenvalue weighted by Gasteiger charge is 2.52. The molecule has 2 N–H and O–H groups in total. The molecular formula is C18H18N2O. The van der Waals surface area contributed by atoms with Crippen LogP contribution in [0.4, 0.5) is 5.69 Å². The number of nitrogens with zero attached hydrogens (tertiary/aromatic N) is 1. The molecule has 3 heteroatoms. The van der Waals surface area contributed by atoms with Gasteiger partial charge in [0.1, 0.15) is 0 Å². The molecule has 0 radical (unpaired) electrons. The second-order valence-corrected chi connectivity index (χ2v) is 6.09. The van der Waals surface area contributed by atoms with Crippen molar-refractivity contribution in [3.63, 3.8) is 0 Å². The Hall–Kier alpha value is -2.13. The summed E-state index contributed by atoms with van der Waals surface area (Å²) >= 11 is 0. The van der Waals surface area contributed by atoms with Crippen molar-refractivity contribution in [2.24, 2.45) is 5.73 Å². The summed E-state index contributed by atoms with van der Waals surface area (Å²) in [6.07, 6.45) is 2.39. The van der Waals surface area contributed by atoms with Crippen molar-refractivity contribution in [2.75, 3.05) is 11.4 Å². The summed E-state index contributed by atoms with van der Waals surface area (Å²) in [5.74, 6) is 0.0924. The Balaban J connectivity index is 1.69. The third-order valence-corrected chi connectivity index (χ3v) is 4.76. The second-order valence-electron chi connectivity index (χ2n) is 6.09. The van der Waals surface area contributed by atoms with Gasteiger partial charge in [0, 0.05) is 29.8 Å². The highest BCUT2D eigenvalue weighted by molar-refractivity contribution is 6.08. The third kappa shape index (κ3) is 1.88. The Morgan fingerprint density at radius 3 is 2.48 bits per heavy atom. The minimum Gasteiger partial charge on any atom is -0.326 e. The minimum absolute atomic E-state index is 0.0924. The van der Waals surface area contributed by atoms with E-state index in [4.69, 9.17) is 5.73 Å². The van der Waals surface area contributed by atoms with Crippen molar-refractivity contribution in [3.05, 3.63) is 65.2 Å². The number of benzene rings is 2. The normalized spacial score (nSPS) is 17.9. The maximum absolute atomic E-state index is 12.8. The van der Waals surface area contributed by atoms with Gasteiger partial charge in [-0.2, -0.15) is 0 Å². The average Bonchev–Trinajstić information content (AvgIpc) is 3.25. The van der Waals surface area contributed by atoms with Crippen LogP contribution in [0.5, 0.6) is 0 Å². The zero-order valence-electron chi connectivity index (χ0n) is 11.9. The lowest BCUT2D eigenvalue weighted by molar-refractivity contribution is 0.0987. The summed E-state index contributed by atoms with van der Waals surface area (Å²) in [6, 6.07) is 15.9. The molecule has 3 nitrogen and oxygen atoms in total. The van der Waals surface area contributed by atoms with Crippen LogP contribution in [-0.4, -0.2) is 12.5 Å². The number of fused-ring (bicyclic) bond motifs is 2. The number of anilines is 1. The molecule has 21 heavy (non-hydrogen) atoms. The molecule has 0 bridgehead atoms. The van der Waals surface area contributed by atoms with Crippen LogP contribution in [0.15, 0.2) is 48.5 Å². The van der Waals surface area contributed by atoms with Crippen LogP contribution in [0.25, 0.3) is 0 Å². The van der Waals surface area contributed by atoms with E-state index in [0.717, 1.165) is 23.4 Å². The molecule has 1 saturated carbocycles. The number of rotatable bonds is 2. The first-order valence-corrected chi connectivity index (χ1v) is 7.44. The molecule has 0 saturated heterocycles. The monoisotopic (exact) mass is 278 g/mol. The maximum atomic E-state index is 12.8. The van der Waals surface area contributed by atoms with E-state index < -0.39 is 0 Å². The van der Waals surface area contributed by atoms with E-state index in [9.17, 15) is 4.79 Å². The smallest absolute Gasteiger partial charge is 0.258 e. The lowest BCUT2D eigenvalue weighted by atomic mass is 9.99. The minimum atomic E-state index is 0.0924. The quantitative estimate of drug-likeness (QED) is 0.918. The number of amides is 1. The fourth-order valence-electron chi connectivity index (χ4n) is 3.33. The Kier molecular flexibility index (Phi) is 2.66. The van der Waals surface area contributed by atoms with Gasteiger partial charge in [0.25, 0.3) is 5.91 Å². The summed E-state index contributed by atoms with van der Waals surface area (Å²) in [4.78, 5) is 14.8. The van der Waals surface area contributed by atoms with E-state index >= 15 is 0 Å². The standard InChI is InChI=1S/C18H18N2O/c19-11-13-5-7-14(8-6-13)17(21)20-12-18(9-10-18)15-3-1-2-4-16(15)20/h1-8H,9-12,19H2. The van der Waals surface area contributed by atoms with Crippen molar-refractivity contribution >= 4 is 11.6 Å². The van der Waals surface area contributed by atoms with E-state index in [1.54, 1.807) is 0 Å². The second kappa shape index (κ2) is 4.43. The summed E-state index contributed by atoms with van der Waals surface area (Å²) in [6.45, 7) is 1.33. The molecule has 1 spiro atoms. The van der Waals surface area contributed by atoms with Crippen molar-refractivity contribution in [2.45, 2.75) is 24.8 Å². The van der Waals surface area contributed by atoms with Gasteiger partial charge < -0.3 is 10.6 Å². The molecule has 0 atom stereocenters. The molecular weight excluding hydrogens is 260 g/mol. The fourth-order valence-corrected chi connectivity index (χ4v) is 3.33. The highest BCUT2D eigenvalue weighted by Crippen LogP contribution is 2.56. The van der Waals surface area contributed by atoms with Gasteiger partial charge in [0.2, 0.25) is 0 Å². The molecule has 1 aliphatic heterocycles. The van der Waals surface area contributed by atoms with Crippen LogP contribution in [-0.2, 0) is 12.0 Å². The van der Waals surface area contributed by atoms with Gasteiger partial charge in [-0.05, 0) is 42.2 Å². The number of nitrogens with two attached hydrogens (primary N) is 1. The zero-order valence-corrected chi connectivity index (χ0v) is 11.9. The van der Waals surface area contributed by atoms with E-state index in [1.807, 2.05) is 35.2 Å². The molecule has 1 amide bonds. The van der Waals surface area contributed by atoms with Crippen LogP contribution >= 0.6 is 0 Å². The number of para-hydroxylation sites is 1. The molecule has 1 aliphatic carbocycles. The molecule has 2 aromatic rings. The van der Waals surface area contributed by atoms with Gasteiger partial charge in [0.15, 0.2) is 0 Å². The Morgan fingerprint density at radius 1 is 1.10 bits per heavy atom. The molecule has 106 valence electrons. The summed E-state index contributed by atoms with van der Waals surface area (Å²) < 4.78 is 0. The molecule has 0 unspecified atom stereocenters. The first kappa shape index (κ1) is 12.6. The van der Waals surface area contributed by atoms with Crippen molar-refractivity contribution in [1.82, 2.24) is 0 Å². The molecule has 2 aliphatic rings. The first-order chi connectivity index (χ1) is 10.2. The number of carbonyl (C=O) groups excluding carboxylic acids is 1. The SMILES string of the molecule is NCc1ccc(C(=O)N2CC3(CC3)c3ccccc32)cc1. The number of carbonyl (C=O) groups is 1. The van der Waals surface area contributed by atoms with Gasteiger partial charge >= 0.3 is 0 Å². The first-order valence-electron chi connectivity index (χ1n) is 7.44. The van der Waals surface area contributed by atoms with Gasteiger partial charge in [-0.3, -0.25) is 4.79 Å². The van der Waals surface area contributed by atoms with E-state index in [2.05, 4.69) is 18.2 Å². The fraction of sp³-hybridized carbons (Fsp3) is 0.278. The topological polar surface area (TPSA) is 46.3 Å². The maximum Gasteiger partial charge on any atom is 0.258 e. The van der Waals surface area contributed by atoms with Crippen LogP contribution in [0.2, 0.25) is 0 Å². The Morgan fingerprint density at radius 2 is 1.81 bits per heavy atom. The van der Waals surface area contributed by atoms with Crippen LogP contribution in [0.3, 0.4) is 0 Å². The zero-order chi connectivity index (χ0) is 14.4. The molecule has 1 fully saturated rings. The van der Waals surface area contributed by atoms with Crippen LogP contribution < -0.4 is 10.6 Å². The predicted octanol–water partition coefficient (Wildman–Crippen LogP) is 2.84. The van der Waals surface area contributed by atoms with E-state index in [-0.39, 0.29) is 11.3 Å². The van der Waals surface area contributed by atoms with Crippen molar-refractivity contribution < 1.29 is 4.79 Å². The van der Waals surface area contributed by atoms with Crippen molar-refractivity contribution in [1.29, 1.82) is 0 Å². The number of hydrogen-bond acceptors (Lipinski definition) is 2. The molecule has 2 aromatic carbocycles. The molecule has 0 aromatic heterocycles. The molecule has 1 heterocycles. The summed E-state index contributed by atoms with van der Waals surface area (Å²) in [7, 11) is 0. The van der Waals surface area contributed by atoms with Crippen LogP contribution in [0.1, 0.15) is 34.3 Å². The Bertz CT molecular complexity index is 701. The van der Waals surface area contributed by atoms with E-state index in [0.29, 0.717) is 6.54 Å². The average molecular weight is 278 g/mol. The lowest BCUT2D eigenvalue weighted by Gasteiger charge is -2.18. The third-order valence-electron chi connectivity index (χ3n) is 4.76. The van der Waals surface area contributed by atoms with Gasteiger partial charge in [-0.25, -0.2) is 0 Å². The van der Waals surface area contributed by atoms with Gasteiger partial charge in [-0.15, -0.1) is 0 Å². The van der Waals surface area contributed by atoms with Gasteiger partial charge in [0.05, 0.1) is 0 Å². The molecule has 4 rings (SSSR count). The van der Waals surface area contributed by atoms with Crippen LogP contribution in [0, 0.1) is 0 Å². The summed E-state index contributed by atoms with van der Waals surface area (Å²) in [5, 5.41) is 0. The highest BCUT2D eigenvalue weighted by atomic mass is 16.2. The van der Waals surface area contributed by atoms with Gasteiger partial charge in [-0.1, -0.05) is 30.3 Å². The lowest BCUT2D eigenvalue weighted by Crippen LogP contribution is -2.31. The summed E-state index contributed by atoms with van der Waals surface area (Å²) in [5.41, 5.74) is 10.1. The van der Waals surface area contributed by atoms with Crippen molar-refractivity contribution in [3.8, 4) is 0 Å². The number of hydrogen-bond donors (Lipinski definition) is 1. The Labute approximate surface area is 124 Å². The predicted molar refractivity (Wildman–Crippen MR) is 83.4 cm³/mol.